The summed E-state index contributed by atoms with van der Waals surface area (Å²) < 4.78 is 7.68. The van der Waals surface area contributed by atoms with Crippen molar-refractivity contribution in [3.05, 3.63) is 46.5 Å². The van der Waals surface area contributed by atoms with Crippen LogP contribution in [0.5, 0.6) is 5.75 Å². The molecule has 2 aromatic heterocycles. The van der Waals surface area contributed by atoms with Crippen molar-refractivity contribution in [1.29, 1.82) is 0 Å². The highest BCUT2D eigenvalue weighted by Gasteiger charge is 2.22. The molecule has 0 spiro atoms. The molecule has 0 bridgehead atoms. The van der Waals surface area contributed by atoms with Gasteiger partial charge in [-0.15, -0.1) is 11.3 Å². The van der Waals surface area contributed by atoms with Crippen molar-refractivity contribution in [2.75, 3.05) is 11.9 Å². The quantitative estimate of drug-likeness (QED) is 0.632. The van der Waals surface area contributed by atoms with Crippen LogP contribution in [0, 0.1) is 4.77 Å². The zero-order valence-electron chi connectivity index (χ0n) is 13.9. The Balaban J connectivity index is 1.87. The van der Waals surface area contributed by atoms with Crippen LogP contribution < -0.4 is 10.1 Å². The smallest absolute Gasteiger partial charge is 0.247 e. The van der Waals surface area contributed by atoms with Gasteiger partial charge in [0.2, 0.25) is 5.91 Å². The number of carbonyl (C=O) groups is 1. The zero-order valence-corrected chi connectivity index (χ0v) is 15.5. The average molecular weight is 374 g/mol. The summed E-state index contributed by atoms with van der Waals surface area (Å²) in [5, 5.41) is 11.9. The summed E-state index contributed by atoms with van der Waals surface area (Å²) in [6, 6.07) is 10.7. The highest BCUT2D eigenvalue weighted by molar-refractivity contribution is 7.71. The van der Waals surface area contributed by atoms with E-state index in [1.54, 1.807) is 22.8 Å². The van der Waals surface area contributed by atoms with Crippen LogP contribution in [0.1, 0.15) is 19.9 Å². The molecule has 1 atom stereocenters. The Morgan fingerprint density at radius 3 is 2.92 bits per heavy atom. The topological polar surface area (TPSA) is 71.9 Å². The third-order valence-electron chi connectivity index (χ3n) is 3.66. The van der Waals surface area contributed by atoms with Crippen molar-refractivity contribution in [3.8, 4) is 16.5 Å². The number of nitrogens with zero attached hydrogens (tertiary/aromatic N) is 2. The Morgan fingerprint density at radius 1 is 1.40 bits per heavy atom. The fourth-order valence-electron chi connectivity index (χ4n) is 2.45. The minimum Gasteiger partial charge on any atom is -0.492 e. The second kappa shape index (κ2) is 7.62. The molecule has 0 saturated heterocycles. The van der Waals surface area contributed by atoms with Gasteiger partial charge in [0, 0.05) is 0 Å². The van der Waals surface area contributed by atoms with Gasteiger partial charge in [0.05, 0.1) is 17.2 Å². The normalized spacial score (nSPS) is 11.9. The monoisotopic (exact) mass is 374 g/mol. The SMILES string of the molecule is CCOc1ccccc1NC(=O)C(C)n1c(-c2cccs2)n[nH]c1=S. The average Bonchev–Trinajstić information content (AvgIpc) is 3.25. The minimum absolute atomic E-state index is 0.192. The van der Waals surface area contributed by atoms with Crippen molar-refractivity contribution in [1.82, 2.24) is 14.8 Å². The predicted molar refractivity (Wildman–Crippen MR) is 102 cm³/mol. The third kappa shape index (κ3) is 3.64. The van der Waals surface area contributed by atoms with E-state index in [1.165, 1.54) is 0 Å². The maximum atomic E-state index is 12.8. The van der Waals surface area contributed by atoms with E-state index in [0.717, 1.165) is 4.88 Å². The summed E-state index contributed by atoms with van der Waals surface area (Å²) in [5.74, 6) is 1.10. The Bertz CT molecular complexity index is 915. The molecule has 3 aromatic rings. The molecular weight excluding hydrogens is 356 g/mol. The van der Waals surface area contributed by atoms with E-state index in [4.69, 9.17) is 17.0 Å². The number of nitrogens with one attached hydrogen (secondary N) is 2. The van der Waals surface area contributed by atoms with Crippen LogP contribution in [0.3, 0.4) is 0 Å². The Labute approximate surface area is 154 Å². The van der Waals surface area contributed by atoms with Crippen LogP contribution in [-0.4, -0.2) is 27.3 Å². The number of thiophene rings is 1. The number of aromatic amines is 1. The number of para-hydroxylation sites is 2. The molecule has 2 N–H and O–H groups in total. The minimum atomic E-state index is -0.530. The predicted octanol–water partition coefficient (Wildman–Crippen LogP) is 4.27. The van der Waals surface area contributed by atoms with Gasteiger partial charge in [0.1, 0.15) is 11.8 Å². The van der Waals surface area contributed by atoms with E-state index in [1.807, 2.05) is 48.7 Å². The van der Waals surface area contributed by atoms with Gasteiger partial charge in [0.25, 0.3) is 0 Å². The number of carbonyl (C=O) groups excluding carboxylic acids is 1. The first-order valence-corrected chi connectivity index (χ1v) is 9.14. The Kier molecular flexibility index (Phi) is 5.30. The van der Waals surface area contributed by atoms with Crippen molar-refractivity contribution in [2.45, 2.75) is 19.9 Å². The Hall–Kier alpha value is -2.45. The van der Waals surface area contributed by atoms with Gasteiger partial charge in [-0.05, 0) is 49.6 Å². The van der Waals surface area contributed by atoms with Crippen molar-refractivity contribution >= 4 is 35.1 Å². The first-order chi connectivity index (χ1) is 12.1. The number of aromatic nitrogens is 3. The van der Waals surface area contributed by atoms with Gasteiger partial charge < -0.3 is 10.1 Å². The van der Waals surface area contributed by atoms with E-state index in [0.29, 0.717) is 28.6 Å². The number of hydrogen-bond donors (Lipinski definition) is 2. The molecule has 0 aliphatic carbocycles. The van der Waals surface area contributed by atoms with Gasteiger partial charge in [-0.3, -0.25) is 14.5 Å². The molecule has 25 heavy (non-hydrogen) atoms. The van der Waals surface area contributed by atoms with E-state index in [2.05, 4.69) is 15.5 Å². The summed E-state index contributed by atoms with van der Waals surface area (Å²) in [5.41, 5.74) is 0.633. The fraction of sp³-hybridized carbons (Fsp3) is 0.235. The molecular formula is C17H18N4O2S2. The number of rotatable bonds is 6. The lowest BCUT2D eigenvalue weighted by atomic mass is 10.2. The number of hydrogen-bond acceptors (Lipinski definition) is 5. The van der Waals surface area contributed by atoms with Gasteiger partial charge in [-0.1, -0.05) is 18.2 Å². The lowest BCUT2D eigenvalue weighted by Crippen LogP contribution is -2.24. The van der Waals surface area contributed by atoms with Gasteiger partial charge in [-0.25, -0.2) is 0 Å². The largest absolute Gasteiger partial charge is 0.492 e. The highest BCUT2D eigenvalue weighted by Crippen LogP contribution is 2.28. The molecule has 0 radical (unpaired) electrons. The summed E-state index contributed by atoms with van der Waals surface area (Å²) in [4.78, 5) is 13.7. The van der Waals surface area contributed by atoms with E-state index in [9.17, 15) is 4.79 Å². The maximum absolute atomic E-state index is 12.8. The lowest BCUT2D eigenvalue weighted by Gasteiger charge is -2.17. The highest BCUT2D eigenvalue weighted by atomic mass is 32.1. The molecule has 0 fully saturated rings. The van der Waals surface area contributed by atoms with Crippen molar-refractivity contribution in [3.63, 3.8) is 0 Å². The van der Waals surface area contributed by atoms with E-state index < -0.39 is 6.04 Å². The third-order valence-corrected chi connectivity index (χ3v) is 4.81. The number of ether oxygens (including phenoxy) is 1. The number of anilines is 1. The summed E-state index contributed by atoms with van der Waals surface area (Å²) in [7, 11) is 0. The van der Waals surface area contributed by atoms with Crippen LogP contribution in [0.2, 0.25) is 0 Å². The molecule has 0 saturated carbocycles. The lowest BCUT2D eigenvalue weighted by molar-refractivity contribution is -0.118. The molecule has 8 heteroatoms. The first-order valence-electron chi connectivity index (χ1n) is 7.85. The van der Waals surface area contributed by atoms with Gasteiger partial charge >= 0.3 is 0 Å². The number of amides is 1. The van der Waals surface area contributed by atoms with Crippen molar-refractivity contribution < 1.29 is 9.53 Å². The zero-order chi connectivity index (χ0) is 17.8. The van der Waals surface area contributed by atoms with Crippen LogP contribution in [0.15, 0.2) is 41.8 Å². The summed E-state index contributed by atoms with van der Waals surface area (Å²) >= 11 is 6.86. The number of benzene rings is 1. The van der Waals surface area contributed by atoms with E-state index >= 15 is 0 Å². The molecule has 1 unspecified atom stereocenters. The molecule has 3 rings (SSSR count). The molecule has 1 amide bonds. The molecule has 1 aromatic carbocycles. The maximum Gasteiger partial charge on any atom is 0.247 e. The fourth-order valence-corrected chi connectivity index (χ4v) is 3.45. The molecule has 0 aliphatic rings. The number of H-pyrrole nitrogens is 1. The van der Waals surface area contributed by atoms with E-state index in [-0.39, 0.29) is 5.91 Å². The summed E-state index contributed by atoms with van der Waals surface area (Å²) in [6.07, 6.45) is 0. The first kappa shape index (κ1) is 17.4. The van der Waals surface area contributed by atoms with Gasteiger partial charge in [-0.2, -0.15) is 5.10 Å². The van der Waals surface area contributed by atoms with Crippen molar-refractivity contribution in [2.24, 2.45) is 0 Å². The summed E-state index contributed by atoms with van der Waals surface area (Å²) in [6.45, 7) is 4.22. The second-order valence-corrected chi connectivity index (χ2v) is 6.63. The van der Waals surface area contributed by atoms with Crippen LogP contribution in [0.25, 0.3) is 10.7 Å². The van der Waals surface area contributed by atoms with Gasteiger partial charge in [0.15, 0.2) is 10.6 Å². The second-order valence-electron chi connectivity index (χ2n) is 5.29. The molecule has 6 nitrogen and oxygen atoms in total. The molecule has 2 heterocycles. The van der Waals surface area contributed by atoms with Crippen LogP contribution in [-0.2, 0) is 4.79 Å². The van der Waals surface area contributed by atoms with Crippen LogP contribution >= 0.6 is 23.6 Å². The molecule has 0 aliphatic heterocycles. The standard InChI is InChI=1S/C17H18N4O2S2/c1-3-23-13-8-5-4-7-12(13)18-16(22)11(2)21-15(19-20-17(21)24)14-9-6-10-25-14/h4-11H,3H2,1-2H3,(H,18,22)(H,20,24). The van der Waals surface area contributed by atoms with Crippen LogP contribution in [0.4, 0.5) is 5.69 Å². The molecule has 130 valence electrons. The Morgan fingerprint density at radius 2 is 2.20 bits per heavy atom.